The molecule has 132 valence electrons. The van der Waals surface area contributed by atoms with Gasteiger partial charge < -0.3 is 5.48 Å². The van der Waals surface area contributed by atoms with Crippen molar-refractivity contribution in [3.63, 3.8) is 0 Å². The molecule has 0 radical (unpaired) electrons. The third-order valence-electron chi connectivity index (χ3n) is 6.69. The van der Waals surface area contributed by atoms with E-state index in [9.17, 15) is 0 Å². The molecule has 22 heavy (non-hydrogen) atoms. The Morgan fingerprint density at radius 2 is 0.636 bits per heavy atom. The average Bonchev–Trinajstić information content (AvgIpc) is 2.84. The van der Waals surface area contributed by atoms with Crippen LogP contribution in [0.4, 0.5) is 0 Å². The van der Waals surface area contributed by atoms with Crippen molar-refractivity contribution in [2.75, 3.05) is 0 Å². The zero-order valence-corrected chi connectivity index (χ0v) is 15.4. The maximum absolute atomic E-state index is 2.00. The standard InChI is InChI=1S/C19H34.C2H6.H2O/c1-3-8-16(9-4-1)18-12-7-13-19(15-14-18)17-10-5-2-6-11-17;1-2;/h16-19H,1-15H2;1-2H3;1H2/t18-,19?;;/m0../s1. The Morgan fingerprint density at radius 1 is 0.364 bits per heavy atom. The molecule has 0 aromatic carbocycles. The third kappa shape index (κ3) is 5.87. The quantitative estimate of drug-likeness (QED) is 0.518. The molecule has 3 rings (SSSR count). The highest BCUT2D eigenvalue weighted by molar-refractivity contribution is 4.81. The largest absolute Gasteiger partial charge is 0.412 e. The van der Waals surface area contributed by atoms with Crippen LogP contribution in [0.2, 0.25) is 0 Å². The second-order valence-electron chi connectivity index (χ2n) is 7.82. The van der Waals surface area contributed by atoms with E-state index in [4.69, 9.17) is 0 Å². The summed E-state index contributed by atoms with van der Waals surface area (Å²) in [6, 6.07) is 0. The molecule has 0 amide bonds. The summed E-state index contributed by atoms with van der Waals surface area (Å²) in [6.07, 6.45) is 23.3. The lowest BCUT2D eigenvalue weighted by molar-refractivity contribution is 0.206. The molecule has 0 aromatic heterocycles. The predicted octanol–water partition coefficient (Wildman–Crippen LogP) is 6.55. The SMILES string of the molecule is C1CCC(C2CCC[C@H](C3CCCCC3)CC2)CC1.CC.O. The smallest absolute Gasteiger partial charge is 0.0386 e. The van der Waals surface area contributed by atoms with Crippen LogP contribution in [0.1, 0.15) is 110 Å². The molecule has 0 aromatic rings. The zero-order valence-electron chi connectivity index (χ0n) is 15.4. The molecule has 1 unspecified atom stereocenters. The lowest BCUT2D eigenvalue weighted by Gasteiger charge is -2.31. The van der Waals surface area contributed by atoms with Gasteiger partial charge in [-0.05, 0) is 36.5 Å². The highest BCUT2D eigenvalue weighted by atomic mass is 16.0. The van der Waals surface area contributed by atoms with Gasteiger partial charge in [0.25, 0.3) is 0 Å². The van der Waals surface area contributed by atoms with Gasteiger partial charge in [0.05, 0.1) is 0 Å². The van der Waals surface area contributed by atoms with Crippen molar-refractivity contribution in [1.82, 2.24) is 0 Å². The average molecular weight is 311 g/mol. The van der Waals surface area contributed by atoms with Gasteiger partial charge in [-0.3, -0.25) is 0 Å². The van der Waals surface area contributed by atoms with Crippen LogP contribution >= 0.6 is 0 Å². The summed E-state index contributed by atoms with van der Waals surface area (Å²) in [5, 5.41) is 0. The fourth-order valence-electron chi connectivity index (χ4n) is 5.51. The van der Waals surface area contributed by atoms with Crippen molar-refractivity contribution in [3.8, 4) is 0 Å². The molecule has 3 fully saturated rings. The van der Waals surface area contributed by atoms with E-state index in [1.807, 2.05) is 13.8 Å². The monoisotopic (exact) mass is 310 g/mol. The summed E-state index contributed by atoms with van der Waals surface area (Å²) in [4.78, 5) is 0. The Balaban J connectivity index is 0.000000775. The minimum absolute atomic E-state index is 0. The van der Waals surface area contributed by atoms with Gasteiger partial charge >= 0.3 is 0 Å². The molecule has 3 aliphatic rings. The van der Waals surface area contributed by atoms with Gasteiger partial charge in [0.1, 0.15) is 0 Å². The Bertz CT molecular complexity index is 225. The van der Waals surface area contributed by atoms with E-state index < -0.39 is 0 Å². The maximum atomic E-state index is 2.00. The fourth-order valence-corrected chi connectivity index (χ4v) is 5.51. The highest BCUT2D eigenvalue weighted by Gasteiger charge is 2.30. The van der Waals surface area contributed by atoms with Gasteiger partial charge in [-0.15, -0.1) is 0 Å². The normalized spacial score (nSPS) is 31.4. The Kier molecular flexibility index (Phi) is 10.4. The Hall–Kier alpha value is -0.0400. The molecule has 3 aliphatic carbocycles. The minimum Gasteiger partial charge on any atom is -0.412 e. The van der Waals surface area contributed by atoms with Gasteiger partial charge in [-0.25, -0.2) is 0 Å². The van der Waals surface area contributed by atoms with E-state index >= 15 is 0 Å². The van der Waals surface area contributed by atoms with E-state index in [1.165, 1.54) is 38.5 Å². The first kappa shape index (κ1) is 20.0. The van der Waals surface area contributed by atoms with Crippen molar-refractivity contribution >= 4 is 0 Å². The maximum Gasteiger partial charge on any atom is -0.0386 e. The molecule has 2 atom stereocenters. The first-order valence-electron chi connectivity index (χ1n) is 10.4. The lowest BCUT2D eigenvalue weighted by atomic mass is 9.75. The summed E-state index contributed by atoms with van der Waals surface area (Å²) < 4.78 is 0. The fraction of sp³-hybridized carbons (Fsp3) is 1.00. The lowest BCUT2D eigenvalue weighted by Crippen LogP contribution is -2.19. The summed E-state index contributed by atoms with van der Waals surface area (Å²) >= 11 is 0. The van der Waals surface area contributed by atoms with Crippen molar-refractivity contribution in [2.24, 2.45) is 23.7 Å². The molecule has 0 bridgehead atoms. The van der Waals surface area contributed by atoms with Gasteiger partial charge in [-0.2, -0.15) is 0 Å². The summed E-state index contributed by atoms with van der Waals surface area (Å²) in [5.74, 6) is 4.49. The zero-order chi connectivity index (χ0) is 14.9. The third-order valence-corrected chi connectivity index (χ3v) is 6.69. The Morgan fingerprint density at radius 3 is 1.00 bits per heavy atom. The molecule has 0 saturated heterocycles. The van der Waals surface area contributed by atoms with Crippen LogP contribution in [0.15, 0.2) is 0 Å². The Labute approximate surface area is 140 Å². The van der Waals surface area contributed by atoms with Crippen molar-refractivity contribution in [2.45, 2.75) is 110 Å². The van der Waals surface area contributed by atoms with E-state index in [-0.39, 0.29) is 5.48 Å². The first-order valence-corrected chi connectivity index (χ1v) is 10.4. The molecule has 0 spiro atoms. The van der Waals surface area contributed by atoms with Crippen LogP contribution in [0, 0.1) is 23.7 Å². The van der Waals surface area contributed by atoms with Gasteiger partial charge in [0, 0.05) is 0 Å². The van der Waals surface area contributed by atoms with Crippen LogP contribution in [0.5, 0.6) is 0 Å². The highest BCUT2D eigenvalue weighted by Crippen LogP contribution is 2.42. The summed E-state index contributed by atoms with van der Waals surface area (Å²) in [5.41, 5.74) is 0. The second kappa shape index (κ2) is 11.5. The number of hydrogen-bond donors (Lipinski definition) is 0. The van der Waals surface area contributed by atoms with E-state index in [0.29, 0.717) is 0 Å². The first-order chi connectivity index (χ1) is 10.4. The van der Waals surface area contributed by atoms with E-state index in [2.05, 4.69) is 0 Å². The van der Waals surface area contributed by atoms with Gasteiger partial charge in [0.15, 0.2) is 0 Å². The summed E-state index contributed by atoms with van der Waals surface area (Å²) in [6.45, 7) is 4.00. The van der Waals surface area contributed by atoms with Gasteiger partial charge in [0.2, 0.25) is 0 Å². The number of hydrogen-bond acceptors (Lipinski definition) is 0. The topological polar surface area (TPSA) is 31.5 Å². The molecule has 1 nitrogen and oxygen atoms in total. The van der Waals surface area contributed by atoms with Crippen LogP contribution < -0.4 is 0 Å². The summed E-state index contributed by atoms with van der Waals surface area (Å²) in [7, 11) is 0. The molecular weight excluding hydrogens is 268 g/mol. The molecule has 2 N–H and O–H groups in total. The van der Waals surface area contributed by atoms with Crippen LogP contribution in [0.25, 0.3) is 0 Å². The van der Waals surface area contributed by atoms with Crippen LogP contribution in [0.3, 0.4) is 0 Å². The van der Waals surface area contributed by atoms with Crippen molar-refractivity contribution in [1.29, 1.82) is 0 Å². The van der Waals surface area contributed by atoms with Crippen LogP contribution in [-0.2, 0) is 0 Å². The number of rotatable bonds is 2. The van der Waals surface area contributed by atoms with Gasteiger partial charge in [-0.1, -0.05) is 97.3 Å². The van der Waals surface area contributed by atoms with Crippen molar-refractivity contribution < 1.29 is 5.48 Å². The van der Waals surface area contributed by atoms with Crippen LogP contribution in [-0.4, -0.2) is 5.48 Å². The molecule has 0 heterocycles. The van der Waals surface area contributed by atoms with E-state index in [0.717, 1.165) is 23.7 Å². The molecule has 3 saturated carbocycles. The minimum atomic E-state index is 0. The predicted molar refractivity (Wildman–Crippen MR) is 98.2 cm³/mol. The molecular formula is C21H42O. The van der Waals surface area contributed by atoms with E-state index in [1.54, 1.807) is 57.8 Å². The molecule has 0 aliphatic heterocycles. The van der Waals surface area contributed by atoms with Crippen molar-refractivity contribution in [3.05, 3.63) is 0 Å². The molecule has 1 heteroatoms. The second-order valence-corrected chi connectivity index (χ2v) is 7.82.